The van der Waals surface area contributed by atoms with Crippen LogP contribution in [0.4, 0.5) is 21.0 Å². The van der Waals surface area contributed by atoms with Gasteiger partial charge in [0.25, 0.3) is 22.9 Å². The van der Waals surface area contributed by atoms with Crippen molar-refractivity contribution in [3.8, 4) is 34.3 Å². The Balaban J connectivity index is 0.534. The van der Waals surface area contributed by atoms with Gasteiger partial charge in [-0.3, -0.25) is 63.1 Å². The number of aryl methyl sites for hydroxylation is 2. The third-order valence-electron chi connectivity index (χ3n) is 22.1. The maximum atomic E-state index is 13.9. The van der Waals surface area contributed by atoms with Crippen LogP contribution < -0.4 is 63.5 Å². The van der Waals surface area contributed by atoms with Crippen molar-refractivity contribution in [1.29, 1.82) is 0 Å². The predicted octanol–water partition coefficient (Wildman–Crippen LogP) is 5.11. The molecular weight excluding hydrogens is 1570 g/mol. The van der Waals surface area contributed by atoms with E-state index in [9.17, 15) is 72.5 Å². The van der Waals surface area contributed by atoms with Gasteiger partial charge in [-0.1, -0.05) is 58.5 Å². The number of imide groups is 1. The SMILES string of the molecule is C=C1OCc2c(cc3n(c2=O)Cc2c-3nc3ccc(OCNC(=O)OCc4ccc(NC(=O)[C@H](C)NC(=O)[C@H](C)NC(=O)CN(CCN5C(=O)C=CC5=O)CC(=O)NCC(=O)N[C@@H](CCCCN)C(=O)Nc5ccc(COC(=O)Oc6ccc7nc8c(c(CC)c7c6)Cn6c-8cc7c(c6=O)COC(=O)[C@]7(O)CC)cc5)cc4)cc3c2CC)[C@@]1(O)CC. The number of nitrogens with one attached hydrogen (secondary N) is 7. The molecule has 0 aliphatic carbocycles. The molecule has 4 aromatic carbocycles. The van der Waals surface area contributed by atoms with Crippen LogP contribution in [0.25, 0.3) is 44.6 Å². The monoisotopic (exact) mass is 1660 g/mol. The highest BCUT2D eigenvalue weighted by molar-refractivity contribution is 6.13. The number of nitrogens with zero attached hydrogens (tertiary/aromatic N) is 6. The zero-order valence-corrected chi connectivity index (χ0v) is 67.4. The number of alkyl carbamates (subject to hydrolysis) is 1. The van der Waals surface area contributed by atoms with Crippen LogP contribution in [-0.4, -0.2) is 169 Å². The molecule has 35 heteroatoms. The minimum Gasteiger partial charge on any atom is -0.490 e. The van der Waals surface area contributed by atoms with Crippen LogP contribution in [0.15, 0.2) is 131 Å². The van der Waals surface area contributed by atoms with E-state index in [0.29, 0.717) is 111 Å². The number of benzene rings is 4. The van der Waals surface area contributed by atoms with Gasteiger partial charge in [0, 0.05) is 69.6 Å². The topological polar surface area (TPSA) is 470 Å². The zero-order valence-electron chi connectivity index (χ0n) is 67.4. The van der Waals surface area contributed by atoms with Gasteiger partial charge in [-0.05, 0) is 160 Å². The average molecular weight is 1660 g/mol. The normalized spacial score (nSPS) is 16.6. The summed E-state index contributed by atoms with van der Waals surface area (Å²) in [6.07, 6.45) is 2.88. The Morgan fingerprint density at radius 2 is 1.14 bits per heavy atom. The van der Waals surface area contributed by atoms with Crippen molar-refractivity contribution in [3.63, 3.8) is 0 Å². The van der Waals surface area contributed by atoms with Gasteiger partial charge in [-0.15, -0.1) is 0 Å². The van der Waals surface area contributed by atoms with Gasteiger partial charge in [0.15, 0.2) is 12.3 Å². The molecule has 0 fully saturated rings. The summed E-state index contributed by atoms with van der Waals surface area (Å²) in [6, 6.07) is 22.9. The van der Waals surface area contributed by atoms with Crippen LogP contribution >= 0.6 is 0 Å². The number of aliphatic hydroxyl groups is 2. The van der Waals surface area contributed by atoms with Gasteiger partial charge < -0.3 is 85.4 Å². The largest absolute Gasteiger partial charge is 0.514 e. The molecule has 0 radical (unpaired) electrons. The van der Waals surface area contributed by atoms with Crippen molar-refractivity contribution < 1.29 is 91.4 Å². The second-order valence-corrected chi connectivity index (χ2v) is 29.9. The first kappa shape index (κ1) is 85.4. The third kappa shape index (κ3) is 18.2. The molecule has 5 aliphatic rings. The number of rotatable bonds is 33. The molecule has 13 rings (SSSR count). The number of ether oxygens (including phenoxy) is 6. The Morgan fingerprint density at radius 3 is 1.72 bits per heavy atom. The molecular formula is C86H92N14O21. The highest BCUT2D eigenvalue weighted by Gasteiger charge is 2.46. The number of amides is 9. The Hall–Kier alpha value is -13.5. The fraction of sp³-hybridized carbons (Fsp3) is 0.360. The molecule has 8 aromatic rings. The first-order valence-corrected chi connectivity index (χ1v) is 39.7. The molecule has 5 aliphatic heterocycles. The van der Waals surface area contributed by atoms with Crippen LogP contribution in [0.3, 0.4) is 0 Å². The highest BCUT2D eigenvalue weighted by atomic mass is 16.7. The van der Waals surface area contributed by atoms with Gasteiger partial charge in [0.05, 0.1) is 77.7 Å². The quantitative estimate of drug-likeness (QED) is 0.00638. The van der Waals surface area contributed by atoms with E-state index < -0.39 is 120 Å². The number of cyclic esters (lactones) is 1. The van der Waals surface area contributed by atoms with Crippen LogP contribution in [-0.2, 0) is 126 Å². The lowest BCUT2D eigenvalue weighted by atomic mass is 9.84. The number of unbranched alkanes of at least 4 members (excludes halogenated alkanes) is 1. The Labute approximate surface area is 692 Å². The molecule has 0 unspecified atom stereocenters. The number of hydrogen-bond acceptors (Lipinski definition) is 25. The average Bonchev–Trinajstić information content (AvgIpc) is 1.61. The van der Waals surface area contributed by atoms with Crippen molar-refractivity contribution in [2.45, 2.75) is 155 Å². The van der Waals surface area contributed by atoms with Gasteiger partial charge in [-0.2, -0.15) is 0 Å². The fourth-order valence-electron chi connectivity index (χ4n) is 15.4. The lowest BCUT2D eigenvalue weighted by Crippen LogP contribution is -2.53. The summed E-state index contributed by atoms with van der Waals surface area (Å²) in [5.41, 5.74) is 11.6. The standard InChI is InChI=1S/C86H92N14O21/c1-8-55-57-32-53(23-25-65(57)95-75-59(55)37-99-68(75)34-63-61(80(99)109)43-116-48(7)85(63,114)10-3)120-45-89-83(112)118-41-49-15-19-51(20-16-49)92-78(107)47(6)91-77(106)46(5)90-72(103)40-97(30-31-98-73(104)27-28-74(98)105)39-71(102)88-36-70(101)94-67(14-12-13-29-87)79(108)93-52-21-17-50(18-22-52)42-119-84(113)121-54-24-26-66-58(33-54)56(9-2)60-38-100-69(76(60)96-66)35-64-62(81(100)110)44-117-82(111)86(64,115)11-4/h15-28,32-35,46-47,67,114-115H,7-14,29-31,36-45,87H2,1-6H3,(H,88,102)(H,89,112)(H,90,103)(H,91,106)(H,92,107)(H,93,108)(H,94,101)/t46-,47-,67-,85+,86-/m0/s1. The summed E-state index contributed by atoms with van der Waals surface area (Å²) in [6.45, 7) is 11.9. The molecule has 0 saturated carbocycles. The van der Waals surface area contributed by atoms with E-state index in [2.05, 4.69) is 43.8 Å². The van der Waals surface area contributed by atoms with Crippen LogP contribution in [0.5, 0.6) is 11.5 Å². The van der Waals surface area contributed by atoms with E-state index >= 15 is 0 Å². The van der Waals surface area contributed by atoms with E-state index in [1.807, 2.05) is 26.0 Å². The molecule has 632 valence electrons. The van der Waals surface area contributed by atoms with E-state index in [-0.39, 0.29) is 107 Å². The maximum Gasteiger partial charge on any atom is 0.514 e. The summed E-state index contributed by atoms with van der Waals surface area (Å²) < 4.78 is 36.4. The van der Waals surface area contributed by atoms with Crippen molar-refractivity contribution in [1.82, 2.24) is 55.5 Å². The molecule has 0 spiro atoms. The lowest BCUT2D eigenvalue weighted by molar-refractivity contribution is -0.172. The summed E-state index contributed by atoms with van der Waals surface area (Å²) in [5.74, 6) is -5.51. The Morgan fingerprint density at radius 1 is 0.603 bits per heavy atom. The second kappa shape index (κ2) is 36.4. The number of aromatic nitrogens is 4. The van der Waals surface area contributed by atoms with Crippen LogP contribution in [0.1, 0.15) is 129 Å². The summed E-state index contributed by atoms with van der Waals surface area (Å²) in [7, 11) is 0. The lowest BCUT2D eigenvalue weighted by Gasteiger charge is -2.35. The summed E-state index contributed by atoms with van der Waals surface area (Å²) >= 11 is 0. The smallest absolute Gasteiger partial charge is 0.490 e. The number of carbonyl (C=O) groups is 11. The number of nitrogens with two attached hydrogens (primary N) is 1. The molecule has 35 nitrogen and oxygen atoms in total. The zero-order chi connectivity index (χ0) is 86.3. The van der Waals surface area contributed by atoms with Gasteiger partial charge in [0.2, 0.25) is 35.4 Å². The van der Waals surface area contributed by atoms with Crippen molar-refractivity contribution in [2.24, 2.45) is 5.73 Å². The van der Waals surface area contributed by atoms with Crippen molar-refractivity contribution >= 4 is 98.7 Å². The van der Waals surface area contributed by atoms with E-state index in [0.717, 1.165) is 44.7 Å². The molecule has 5 atom stereocenters. The molecule has 4 aromatic heterocycles. The van der Waals surface area contributed by atoms with Crippen molar-refractivity contribution in [3.05, 3.63) is 198 Å². The predicted molar refractivity (Wildman–Crippen MR) is 437 cm³/mol. The molecule has 11 N–H and O–H groups in total. The maximum absolute atomic E-state index is 13.9. The Kier molecular flexibility index (Phi) is 25.7. The number of hydrogen-bond donors (Lipinski definition) is 10. The van der Waals surface area contributed by atoms with Crippen LogP contribution in [0, 0.1) is 0 Å². The van der Waals surface area contributed by atoms with Crippen LogP contribution in [0.2, 0.25) is 0 Å². The number of carbonyl (C=O) groups excluding carboxylic acids is 11. The molecule has 121 heavy (non-hydrogen) atoms. The number of anilines is 2. The van der Waals surface area contributed by atoms with Gasteiger partial charge >= 0.3 is 18.2 Å². The van der Waals surface area contributed by atoms with Gasteiger partial charge in [0.1, 0.15) is 67.4 Å². The Bertz CT molecular complexity index is 5690. The summed E-state index contributed by atoms with van der Waals surface area (Å²) in [5, 5.41) is 42.6. The number of fused-ring (bicyclic) bond motifs is 10. The van der Waals surface area contributed by atoms with Crippen molar-refractivity contribution in [2.75, 3.05) is 56.6 Å². The first-order valence-electron chi connectivity index (χ1n) is 39.7. The number of esters is 1. The van der Waals surface area contributed by atoms with E-state index in [1.165, 1.54) is 18.7 Å². The summed E-state index contributed by atoms with van der Waals surface area (Å²) in [4.78, 5) is 184. The fourth-order valence-corrected chi connectivity index (χ4v) is 15.4. The number of pyridine rings is 4. The highest BCUT2D eigenvalue weighted by Crippen LogP contribution is 2.45. The first-order chi connectivity index (χ1) is 58.0. The molecule has 0 bridgehead atoms. The molecule has 9 heterocycles. The minimum absolute atomic E-state index is 0.00210. The molecule has 9 amide bonds. The second-order valence-electron chi connectivity index (χ2n) is 29.9. The van der Waals surface area contributed by atoms with E-state index in [4.69, 9.17) is 44.1 Å². The van der Waals surface area contributed by atoms with E-state index in [1.54, 1.807) is 108 Å². The minimum atomic E-state index is -1.98. The molecule has 0 saturated heterocycles. The van der Waals surface area contributed by atoms with Gasteiger partial charge in [-0.25, -0.2) is 24.4 Å². The third-order valence-corrected chi connectivity index (χ3v) is 22.1.